The Bertz CT molecular complexity index is 373. The number of rotatable bonds is 2. The van der Waals surface area contributed by atoms with Crippen molar-refractivity contribution in [3.8, 4) is 5.69 Å². The smallest absolute Gasteiger partial charge is 0.0449 e. The third-order valence-corrected chi connectivity index (χ3v) is 2.10. The molecule has 0 bridgehead atoms. The van der Waals surface area contributed by atoms with E-state index in [2.05, 4.69) is 42.1 Å². The number of hydrogen-bond acceptors (Lipinski definition) is 0. The largest absolute Gasteiger partial charge is 0.324 e. The maximum Gasteiger partial charge on any atom is 0.0449 e. The van der Waals surface area contributed by atoms with Gasteiger partial charge in [-0.1, -0.05) is 18.2 Å². The summed E-state index contributed by atoms with van der Waals surface area (Å²) >= 11 is 0. The second-order valence-corrected chi connectivity index (χ2v) is 3.01. The van der Waals surface area contributed by atoms with E-state index in [1.807, 2.05) is 18.2 Å². The van der Waals surface area contributed by atoms with Gasteiger partial charge in [0.25, 0.3) is 0 Å². The van der Waals surface area contributed by atoms with Crippen molar-refractivity contribution in [3.05, 3.63) is 61.3 Å². The van der Waals surface area contributed by atoms with E-state index in [0.29, 0.717) is 0 Å². The summed E-state index contributed by atoms with van der Waals surface area (Å²) in [5, 5.41) is 0. The molecule has 0 atom stereocenters. The van der Waals surface area contributed by atoms with Gasteiger partial charge in [-0.3, -0.25) is 0 Å². The molecule has 65 valence electrons. The molecular formula is C12H12N. The summed E-state index contributed by atoms with van der Waals surface area (Å²) in [4.78, 5) is 0. The van der Waals surface area contributed by atoms with Gasteiger partial charge < -0.3 is 4.57 Å². The third kappa shape index (κ3) is 1.64. The van der Waals surface area contributed by atoms with Crippen LogP contribution in [0.4, 0.5) is 0 Å². The van der Waals surface area contributed by atoms with Gasteiger partial charge in [0.2, 0.25) is 0 Å². The van der Waals surface area contributed by atoms with E-state index in [-0.39, 0.29) is 0 Å². The van der Waals surface area contributed by atoms with Crippen molar-refractivity contribution in [3.63, 3.8) is 0 Å². The number of aromatic nitrogens is 1. The fourth-order valence-corrected chi connectivity index (χ4v) is 1.35. The van der Waals surface area contributed by atoms with E-state index in [0.717, 1.165) is 6.42 Å². The van der Waals surface area contributed by atoms with Crippen LogP contribution in [0.25, 0.3) is 5.69 Å². The fourth-order valence-electron chi connectivity index (χ4n) is 1.35. The second kappa shape index (κ2) is 3.48. The van der Waals surface area contributed by atoms with Crippen LogP contribution in [-0.2, 0) is 6.42 Å². The van der Waals surface area contributed by atoms with Crippen molar-refractivity contribution >= 4 is 0 Å². The Balaban J connectivity index is 2.36. The van der Waals surface area contributed by atoms with E-state index < -0.39 is 0 Å². The first-order chi connectivity index (χ1) is 6.40. The Morgan fingerprint density at radius 2 is 1.85 bits per heavy atom. The first kappa shape index (κ1) is 8.11. The summed E-state index contributed by atoms with van der Waals surface area (Å²) in [6.45, 7) is 3.85. The lowest BCUT2D eigenvalue weighted by Crippen LogP contribution is -1.87. The molecule has 0 aliphatic carbocycles. The number of benzene rings is 1. The van der Waals surface area contributed by atoms with Crippen LogP contribution in [0.2, 0.25) is 0 Å². The van der Waals surface area contributed by atoms with Gasteiger partial charge in [0, 0.05) is 18.1 Å². The molecule has 13 heavy (non-hydrogen) atoms. The second-order valence-electron chi connectivity index (χ2n) is 3.01. The van der Waals surface area contributed by atoms with Crippen LogP contribution in [0, 0.1) is 6.92 Å². The normalized spacial score (nSPS) is 10.2. The first-order valence-electron chi connectivity index (χ1n) is 4.41. The van der Waals surface area contributed by atoms with E-state index in [1.165, 1.54) is 11.3 Å². The molecule has 0 spiro atoms. The van der Waals surface area contributed by atoms with Crippen molar-refractivity contribution in [1.82, 2.24) is 4.57 Å². The molecule has 0 fully saturated rings. The highest BCUT2D eigenvalue weighted by Crippen LogP contribution is 2.10. The van der Waals surface area contributed by atoms with Gasteiger partial charge in [-0.05, 0) is 37.1 Å². The lowest BCUT2D eigenvalue weighted by Gasteiger charge is -2.00. The SMILES string of the molecule is [CH2]Cc1ccn(-c2ccccc2)c1. The summed E-state index contributed by atoms with van der Waals surface area (Å²) in [6, 6.07) is 12.4. The van der Waals surface area contributed by atoms with Gasteiger partial charge in [0.15, 0.2) is 0 Å². The molecule has 0 saturated heterocycles. The van der Waals surface area contributed by atoms with Crippen LogP contribution in [0.5, 0.6) is 0 Å². The molecule has 2 aromatic rings. The Labute approximate surface area is 78.6 Å². The van der Waals surface area contributed by atoms with Crippen LogP contribution in [-0.4, -0.2) is 4.57 Å². The minimum Gasteiger partial charge on any atom is -0.324 e. The monoisotopic (exact) mass is 170 g/mol. The highest BCUT2D eigenvalue weighted by atomic mass is 14.9. The zero-order chi connectivity index (χ0) is 9.10. The topological polar surface area (TPSA) is 4.93 Å². The highest BCUT2D eigenvalue weighted by Gasteiger charge is 1.95. The van der Waals surface area contributed by atoms with Crippen molar-refractivity contribution in [2.24, 2.45) is 0 Å². The Morgan fingerprint density at radius 1 is 1.08 bits per heavy atom. The van der Waals surface area contributed by atoms with Crippen molar-refractivity contribution in [2.75, 3.05) is 0 Å². The average Bonchev–Trinajstić information content (AvgIpc) is 2.67. The van der Waals surface area contributed by atoms with E-state index in [9.17, 15) is 0 Å². The zero-order valence-corrected chi connectivity index (χ0v) is 7.48. The molecule has 1 heterocycles. The molecule has 1 radical (unpaired) electrons. The fraction of sp³-hybridized carbons (Fsp3) is 0.0833. The molecule has 1 nitrogen and oxygen atoms in total. The molecule has 0 saturated carbocycles. The van der Waals surface area contributed by atoms with Gasteiger partial charge in [-0.2, -0.15) is 0 Å². The minimum absolute atomic E-state index is 0.847. The molecular weight excluding hydrogens is 158 g/mol. The average molecular weight is 170 g/mol. The predicted octanol–water partition coefficient (Wildman–Crippen LogP) is 2.85. The van der Waals surface area contributed by atoms with Crippen LogP contribution >= 0.6 is 0 Å². The summed E-state index contributed by atoms with van der Waals surface area (Å²) in [7, 11) is 0. The summed E-state index contributed by atoms with van der Waals surface area (Å²) < 4.78 is 2.11. The standard InChI is InChI=1S/C12H12N/c1-2-11-8-9-13(10-11)12-6-4-3-5-7-12/h3-10H,1-2H2. The van der Waals surface area contributed by atoms with Crippen molar-refractivity contribution in [2.45, 2.75) is 6.42 Å². The first-order valence-corrected chi connectivity index (χ1v) is 4.41. The third-order valence-electron chi connectivity index (χ3n) is 2.10. The van der Waals surface area contributed by atoms with Crippen LogP contribution in [0.1, 0.15) is 5.56 Å². The zero-order valence-electron chi connectivity index (χ0n) is 7.48. The van der Waals surface area contributed by atoms with Crippen LogP contribution in [0.3, 0.4) is 0 Å². The maximum absolute atomic E-state index is 3.85. The number of nitrogens with zero attached hydrogens (tertiary/aromatic N) is 1. The van der Waals surface area contributed by atoms with E-state index >= 15 is 0 Å². The van der Waals surface area contributed by atoms with Crippen LogP contribution in [0.15, 0.2) is 48.8 Å². The molecule has 0 aliphatic rings. The quantitative estimate of drug-likeness (QED) is 0.653. The molecule has 1 heteroatoms. The molecule has 2 rings (SSSR count). The molecule has 0 N–H and O–H groups in total. The van der Waals surface area contributed by atoms with Crippen molar-refractivity contribution < 1.29 is 0 Å². The highest BCUT2D eigenvalue weighted by molar-refractivity contribution is 5.33. The molecule has 1 aromatic heterocycles. The molecule has 0 aliphatic heterocycles. The van der Waals surface area contributed by atoms with Gasteiger partial charge in [0.05, 0.1) is 0 Å². The van der Waals surface area contributed by atoms with Gasteiger partial charge in [0.1, 0.15) is 0 Å². The van der Waals surface area contributed by atoms with Crippen molar-refractivity contribution in [1.29, 1.82) is 0 Å². The van der Waals surface area contributed by atoms with Gasteiger partial charge >= 0.3 is 0 Å². The Hall–Kier alpha value is -1.50. The molecule has 1 aromatic carbocycles. The van der Waals surface area contributed by atoms with E-state index in [1.54, 1.807) is 0 Å². The predicted molar refractivity (Wildman–Crippen MR) is 54.8 cm³/mol. The minimum atomic E-state index is 0.847. The summed E-state index contributed by atoms with van der Waals surface area (Å²) in [5.41, 5.74) is 2.46. The number of hydrogen-bond donors (Lipinski definition) is 0. The Morgan fingerprint density at radius 3 is 2.46 bits per heavy atom. The molecule has 0 amide bonds. The maximum atomic E-state index is 3.85. The summed E-state index contributed by atoms with van der Waals surface area (Å²) in [6.07, 6.45) is 5.03. The van der Waals surface area contributed by atoms with Crippen LogP contribution < -0.4 is 0 Å². The lowest BCUT2D eigenvalue weighted by atomic mass is 10.3. The summed E-state index contributed by atoms with van der Waals surface area (Å²) in [5.74, 6) is 0. The lowest BCUT2D eigenvalue weighted by molar-refractivity contribution is 1.07. The molecule has 0 unspecified atom stereocenters. The van der Waals surface area contributed by atoms with Gasteiger partial charge in [-0.25, -0.2) is 0 Å². The Kier molecular flexibility index (Phi) is 2.17. The van der Waals surface area contributed by atoms with Gasteiger partial charge in [-0.15, -0.1) is 0 Å². The number of para-hydroxylation sites is 1. The van der Waals surface area contributed by atoms with E-state index in [4.69, 9.17) is 0 Å².